The van der Waals surface area contributed by atoms with Gasteiger partial charge in [-0.1, -0.05) is 34.1 Å². The highest BCUT2D eigenvalue weighted by Crippen LogP contribution is 2.17. The van der Waals surface area contributed by atoms with Crippen LogP contribution >= 0.6 is 0 Å². The van der Waals surface area contributed by atoms with Crippen LogP contribution in [0, 0.1) is 0 Å². The van der Waals surface area contributed by atoms with Gasteiger partial charge in [0.15, 0.2) is 0 Å². The molecule has 2 atom stereocenters. The van der Waals surface area contributed by atoms with Crippen LogP contribution in [0.2, 0.25) is 0 Å². The van der Waals surface area contributed by atoms with Crippen molar-refractivity contribution in [2.75, 3.05) is 26.2 Å². The maximum atomic E-state index is 12.3. The molecule has 19 heavy (non-hydrogen) atoms. The fraction of sp³-hybridized carbons (Fsp3) is 0.933. The van der Waals surface area contributed by atoms with Crippen LogP contribution in [-0.2, 0) is 4.79 Å². The van der Waals surface area contributed by atoms with Gasteiger partial charge in [0, 0.05) is 6.54 Å². The number of hydrogen-bond acceptors (Lipinski definition) is 3. The lowest BCUT2D eigenvalue weighted by Crippen LogP contribution is -2.38. The second-order valence-corrected chi connectivity index (χ2v) is 5.34. The Kier molecular flexibility index (Phi) is 7.39. The Morgan fingerprint density at radius 3 is 2.42 bits per heavy atom. The largest absolute Gasteiger partial charge is 0.326 e. The van der Waals surface area contributed by atoms with Crippen LogP contribution in [-0.4, -0.2) is 54.1 Å². The average molecular weight is 269 g/mol. The molecule has 1 fully saturated rings. The van der Waals surface area contributed by atoms with E-state index in [2.05, 4.69) is 42.8 Å². The minimum Gasteiger partial charge on any atom is -0.326 e. The molecule has 0 saturated carbocycles. The molecule has 2 unspecified atom stereocenters. The Labute approximate surface area is 118 Å². The van der Waals surface area contributed by atoms with Crippen molar-refractivity contribution in [2.24, 2.45) is 0 Å². The van der Waals surface area contributed by atoms with E-state index >= 15 is 0 Å². The van der Waals surface area contributed by atoms with Crippen molar-refractivity contribution in [2.45, 2.75) is 65.6 Å². The first-order chi connectivity index (χ1) is 9.17. The smallest absolute Gasteiger partial charge is 0.241 e. The Morgan fingerprint density at radius 2 is 1.89 bits per heavy atom. The fourth-order valence-electron chi connectivity index (χ4n) is 2.85. The molecule has 1 aliphatic rings. The first-order valence-corrected chi connectivity index (χ1v) is 7.96. The SMILES string of the molecule is CCCC1NC(CC)N(CCCN(CC)CC)C1=O. The maximum Gasteiger partial charge on any atom is 0.241 e. The second kappa shape index (κ2) is 8.54. The van der Waals surface area contributed by atoms with Crippen LogP contribution in [0.1, 0.15) is 53.4 Å². The number of hydrogen-bond donors (Lipinski definition) is 1. The number of carbonyl (C=O) groups is 1. The molecule has 0 aromatic heterocycles. The third-order valence-corrected chi connectivity index (χ3v) is 4.08. The summed E-state index contributed by atoms with van der Waals surface area (Å²) in [5.74, 6) is 0.313. The van der Waals surface area contributed by atoms with Crippen molar-refractivity contribution in [3.8, 4) is 0 Å². The van der Waals surface area contributed by atoms with Crippen molar-refractivity contribution < 1.29 is 4.79 Å². The van der Waals surface area contributed by atoms with Gasteiger partial charge in [0.25, 0.3) is 0 Å². The van der Waals surface area contributed by atoms with Gasteiger partial charge >= 0.3 is 0 Å². The van der Waals surface area contributed by atoms with Gasteiger partial charge < -0.3 is 9.80 Å². The van der Waals surface area contributed by atoms with E-state index in [9.17, 15) is 4.79 Å². The molecular formula is C15H31N3O. The molecule has 4 nitrogen and oxygen atoms in total. The van der Waals surface area contributed by atoms with Crippen LogP contribution in [0.15, 0.2) is 0 Å². The lowest BCUT2D eigenvalue weighted by atomic mass is 10.1. The number of rotatable bonds is 9. The molecule has 1 aliphatic heterocycles. The molecule has 0 aromatic carbocycles. The predicted octanol–water partition coefficient (Wildman–Crippen LogP) is 2.05. The van der Waals surface area contributed by atoms with Crippen LogP contribution in [0.25, 0.3) is 0 Å². The summed E-state index contributed by atoms with van der Waals surface area (Å²) in [6.45, 7) is 12.8. The minimum absolute atomic E-state index is 0.0587. The zero-order valence-corrected chi connectivity index (χ0v) is 13.1. The highest BCUT2D eigenvalue weighted by Gasteiger charge is 2.36. The average Bonchev–Trinajstić information content (AvgIpc) is 2.72. The normalized spacial score (nSPS) is 23.6. The summed E-state index contributed by atoms with van der Waals surface area (Å²) in [6.07, 6.45) is 4.34. The fourth-order valence-corrected chi connectivity index (χ4v) is 2.85. The molecule has 0 bridgehead atoms. The van der Waals surface area contributed by atoms with E-state index in [0.29, 0.717) is 5.91 Å². The van der Waals surface area contributed by atoms with E-state index in [0.717, 1.165) is 51.9 Å². The first kappa shape index (κ1) is 16.4. The van der Waals surface area contributed by atoms with Crippen molar-refractivity contribution in [1.82, 2.24) is 15.1 Å². The van der Waals surface area contributed by atoms with Gasteiger partial charge in [-0.15, -0.1) is 0 Å². The van der Waals surface area contributed by atoms with Crippen LogP contribution in [0.5, 0.6) is 0 Å². The zero-order chi connectivity index (χ0) is 14.3. The second-order valence-electron chi connectivity index (χ2n) is 5.34. The van der Waals surface area contributed by atoms with Gasteiger partial charge in [0.2, 0.25) is 5.91 Å². The Bertz CT molecular complexity index is 266. The summed E-state index contributed by atoms with van der Waals surface area (Å²) in [5, 5.41) is 3.47. The Morgan fingerprint density at radius 1 is 1.21 bits per heavy atom. The van der Waals surface area contributed by atoms with Gasteiger partial charge in [0.1, 0.15) is 0 Å². The molecule has 1 rings (SSSR count). The van der Waals surface area contributed by atoms with Crippen LogP contribution in [0.3, 0.4) is 0 Å². The van der Waals surface area contributed by atoms with Crippen LogP contribution in [0.4, 0.5) is 0 Å². The van der Waals surface area contributed by atoms with Crippen molar-refractivity contribution in [3.63, 3.8) is 0 Å². The molecule has 0 spiro atoms. The molecule has 112 valence electrons. The lowest BCUT2D eigenvalue weighted by Gasteiger charge is -2.25. The number of carbonyl (C=O) groups excluding carboxylic acids is 1. The van der Waals surface area contributed by atoms with E-state index in [4.69, 9.17) is 0 Å². The third kappa shape index (κ3) is 4.46. The Balaban J connectivity index is 2.44. The predicted molar refractivity (Wildman–Crippen MR) is 80.0 cm³/mol. The van der Waals surface area contributed by atoms with E-state index in [1.54, 1.807) is 0 Å². The summed E-state index contributed by atoms with van der Waals surface area (Å²) in [7, 11) is 0. The summed E-state index contributed by atoms with van der Waals surface area (Å²) in [5.41, 5.74) is 0. The number of amides is 1. The molecule has 1 N–H and O–H groups in total. The zero-order valence-electron chi connectivity index (χ0n) is 13.1. The van der Waals surface area contributed by atoms with E-state index < -0.39 is 0 Å². The molecule has 4 heteroatoms. The molecule has 1 heterocycles. The number of nitrogens with zero attached hydrogens (tertiary/aromatic N) is 2. The Hall–Kier alpha value is -0.610. The third-order valence-electron chi connectivity index (χ3n) is 4.08. The van der Waals surface area contributed by atoms with E-state index in [-0.39, 0.29) is 12.2 Å². The topological polar surface area (TPSA) is 35.6 Å². The van der Waals surface area contributed by atoms with Gasteiger partial charge in [-0.25, -0.2) is 0 Å². The summed E-state index contributed by atoms with van der Waals surface area (Å²) >= 11 is 0. The number of nitrogens with one attached hydrogen (secondary N) is 1. The van der Waals surface area contributed by atoms with E-state index in [1.807, 2.05) is 0 Å². The van der Waals surface area contributed by atoms with Crippen molar-refractivity contribution in [1.29, 1.82) is 0 Å². The highest BCUT2D eigenvalue weighted by atomic mass is 16.2. The summed E-state index contributed by atoms with van der Waals surface area (Å²) in [4.78, 5) is 16.8. The molecule has 0 aliphatic carbocycles. The van der Waals surface area contributed by atoms with Crippen molar-refractivity contribution >= 4 is 5.91 Å². The minimum atomic E-state index is 0.0587. The van der Waals surface area contributed by atoms with Crippen LogP contribution < -0.4 is 5.32 Å². The van der Waals surface area contributed by atoms with E-state index in [1.165, 1.54) is 0 Å². The van der Waals surface area contributed by atoms with Gasteiger partial charge in [-0.05, 0) is 38.9 Å². The highest BCUT2D eigenvalue weighted by molar-refractivity contribution is 5.84. The summed E-state index contributed by atoms with van der Waals surface area (Å²) in [6, 6.07) is 0.0587. The quantitative estimate of drug-likeness (QED) is 0.696. The molecule has 1 amide bonds. The van der Waals surface area contributed by atoms with Gasteiger partial charge in [-0.2, -0.15) is 0 Å². The lowest BCUT2D eigenvalue weighted by molar-refractivity contribution is -0.130. The maximum absolute atomic E-state index is 12.3. The van der Waals surface area contributed by atoms with Crippen molar-refractivity contribution in [3.05, 3.63) is 0 Å². The monoisotopic (exact) mass is 269 g/mol. The first-order valence-electron chi connectivity index (χ1n) is 7.96. The molecule has 1 saturated heterocycles. The van der Waals surface area contributed by atoms with Gasteiger partial charge in [-0.3, -0.25) is 10.1 Å². The molecular weight excluding hydrogens is 238 g/mol. The summed E-state index contributed by atoms with van der Waals surface area (Å²) < 4.78 is 0. The standard InChI is InChI=1S/C15H31N3O/c1-5-10-13-15(19)18(14(6-2)16-13)12-9-11-17(7-3)8-4/h13-14,16H,5-12H2,1-4H3. The molecule has 0 radical (unpaired) electrons. The van der Waals surface area contributed by atoms with Gasteiger partial charge in [0.05, 0.1) is 12.2 Å². The molecule has 0 aromatic rings.